The first-order valence-corrected chi connectivity index (χ1v) is 10.6. The van der Waals surface area contributed by atoms with Crippen LogP contribution in [0.25, 0.3) is 0 Å². The van der Waals surface area contributed by atoms with Crippen LogP contribution in [0.1, 0.15) is 54.4 Å². The molecule has 166 valence electrons. The summed E-state index contributed by atoms with van der Waals surface area (Å²) in [4.78, 5) is 14.6. The first-order valence-electron chi connectivity index (χ1n) is 10.6. The highest BCUT2D eigenvalue weighted by molar-refractivity contribution is 5.69. The second kappa shape index (κ2) is 8.19. The Morgan fingerprint density at radius 2 is 1.77 bits per heavy atom. The summed E-state index contributed by atoms with van der Waals surface area (Å²) in [7, 11) is 0. The lowest BCUT2D eigenvalue weighted by Crippen LogP contribution is -2.59. The molecule has 2 saturated heterocycles. The van der Waals surface area contributed by atoms with E-state index >= 15 is 0 Å². The molecule has 0 radical (unpaired) electrons. The summed E-state index contributed by atoms with van der Waals surface area (Å²) >= 11 is 0. The lowest BCUT2D eigenvalue weighted by atomic mass is 9.71. The van der Waals surface area contributed by atoms with Crippen molar-refractivity contribution >= 4 is 6.09 Å². The maximum absolute atomic E-state index is 13.0. The Morgan fingerprint density at radius 1 is 1.13 bits per heavy atom. The van der Waals surface area contributed by atoms with E-state index in [1.54, 1.807) is 11.8 Å². The molecule has 2 heterocycles. The van der Waals surface area contributed by atoms with Gasteiger partial charge < -0.3 is 14.7 Å². The van der Waals surface area contributed by atoms with Gasteiger partial charge in [0, 0.05) is 24.9 Å². The fraction of sp³-hybridized carbons (Fsp3) is 0.458. The van der Waals surface area contributed by atoms with Crippen LogP contribution in [-0.4, -0.2) is 28.2 Å². The average Bonchev–Trinajstić information content (AvgIpc) is 2.71. The van der Waals surface area contributed by atoms with Gasteiger partial charge in [0.2, 0.25) is 0 Å². The summed E-state index contributed by atoms with van der Waals surface area (Å²) in [5, 5.41) is 11.5. The van der Waals surface area contributed by atoms with Crippen molar-refractivity contribution in [1.29, 1.82) is 0 Å². The van der Waals surface area contributed by atoms with Gasteiger partial charge in [-0.2, -0.15) is 13.2 Å². The van der Waals surface area contributed by atoms with Gasteiger partial charge in [-0.1, -0.05) is 36.4 Å². The van der Waals surface area contributed by atoms with Gasteiger partial charge in [-0.3, -0.25) is 0 Å². The highest BCUT2D eigenvalue weighted by atomic mass is 19.4. The molecule has 31 heavy (non-hydrogen) atoms. The van der Waals surface area contributed by atoms with Crippen molar-refractivity contribution in [3.8, 4) is 0 Å². The smallest absolute Gasteiger partial charge is 0.416 e. The number of ether oxygens (including phenoxy) is 1. The van der Waals surface area contributed by atoms with Gasteiger partial charge in [0.05, 0.1) is 11.2 Å². The van der Waals surface area contributed by atoms with E-state index < -0.39 is 23.4 Å². The van der Waals surface area contributed by atoms with Crippen LogP contribution in [-0.2, 0) is 23.1 Å². The number of hydrogen-bond donors (Lipinski definition) is 1. The van der Waals surface area contributed by atoms with Gasteiger partial charge >= 0.3 is 12.3 Å². The lowest BCUT2D eigenvalue weighted by molar-refractivity contribution is -0.137. The molecule has 2 unspecified atom stereocenters. The average molecular weight is 433 g/mol. The van der Waals surface area contributed by atoms with E-state index in [1.807, 2.05) is 30.3 Å². The third kappa shape index (κ3) is 4.42. The maximum Gasteiger partial charge on any atom is 0.416 e. The van der Waals surface area contributed by atoms with Crippen molar-refractivity contribution in [2.45, 2.75) is 69.5 Å². The summed E-state index contributed by atoms with van der Waals surface area (Å²) in [5.41, 5.74) is -0.167. The zero-order valence-corrected chi connectivity index (χ0v) is 17.4. The molecule has 2 aromatic carbocycles. The summed E-state index contributed by atoms with van der Waals surface area (Å²) in [6.45, 7) is 1.77. The quantitative estimate of drug-likeness (QED) is 0.690. The summed E-state index contributed by atoms with van der Waals surface area (Å²) in [5.74, 6) is 0. The lowest BCUT2D eigenvalue weighted by Gasteiger charge is -2.51. The van der Waals surface area contributed by atoms with Gasteiger partial charge in [0.1, 0.15) is 6.61 Å². The van der Waals surface area contributed by atoms with E-state index in [4.69, 9.17) is 4.74 Å². The summed E-state index contributed by atoms with van der Waals surface area (Å²) in [6.07, 6.45) is -1.83. The van der Waals surface area contributed by atoms with E-state index in [9.17, 15) is 23.1 Å². The number of benzene rings is 2. The van der Waals surface area contributed by atoms with Crippen molar-refractivity contribution in [1.82, 2.24) is 4.90 Å². The van der Waals surface area contributed by atoms with Crippen LogP contribution < -0.4 is 0 Å². The normalized spacial score (nSPS) is 25.9. The largest absolute Gasteiger partial charge is 0.445 e. The maximum atomic E-state index is 13.0. The standard InChI is InChI=1S/C24H26F3NO3/c1-16-12-18(24(25,26)27)10-11-21(16)23(30)13-19-8-5-9-20(14-23)28(19)22(29)31-15-17-6-3-2-4-7-17/h2-4,6-7,10-12,19-20,30H,5,8-9,13-15H2,1H3. The third-order valence-electron chi connectivity index (χ3n) is 6.48. The molecule has 2 bridgehead atoms. The number of piperidine rings is 2. The van der Waals surface area contributed by atoms with Crippen molar-refractivity contribution in [2.75, 3.05) is 0 Å². The number of amides is 1. The van der Waals surface area contributed by atoms with Crippen LogP contribution in [0.15, 0.2) is 48.5 Å². The third-order valence-corrected chi connectivity index (χ3v) is 6.48. The van der Waals surface area contributed by atoms with E-state index in [2.05, 4.69) is 0 Å². The van der Waals surface area contributed by atoms with E-state index in [1.165, 1.54) is 6.07 Å². The van der Waals surface area contributed by atoms with Gasteiger partial charge in [-0.05, 0) is 55.0 Å². The molecular formula is C24H26F3NO3. The number of fused-ring (bicyclic) bond motifs is 2. The van der Waals surface area contributed by atoms with Crippen LogP contribution in [0.5, 0.6) is 0 Å². The number of carbonyl (C=O) groups is 1. The predicted molar refractivity (Wildman–Crippen MR) is 109 cm³/mol. The predicted octanol–water partition coefficient (Wildman–Crippen LogP) is 5.56. The minimum absolute atomic E-state index is 0.178. The van der Waals surface area contributed by atoms with Gasteiger partial charge in [-0.25, -0.2) is 4.79 Å². The van der Waals surface area contributed by atoms with E-state index in [-0.39, 0.29) is 31.5 Å². The van der Waals surface area contributed by atoms with Crippen LogP contribution in [0.3, 0.4) is 0 Å². The molecular weight excluding hydrogens is 407 g/mol. The molecule has 2 aliphatic heterocycles. The fourth-order valence-electron chi connectivity index (χ4n) is 5.10. The topological polar surface area (TPSA) is 49.8 Å². The molecule has 0 aromatic heterocycles. The highest BCUT2D eigenvalue weighted by Crippen LogP contribution is 2.46. The zero-order valence-electron chi connectivity index (χ0n) is 17.4. The Bertz CT molecular complexity index is 931. The molecule has 2 aromatic rings. The van der Waals surface area contributed by atoms with Crippen LogP contribution >= 0.6 is 0 Å². The molecule has 0 saturated carbocycles. The molecule has 2 atom stereocenters. The minimum atomic E-state index is -4.42. The monoisotopic (exact) mass is 433 g/mol. The zero-order chi connectivity index (χ0) is 22.2. The number of rotatable bonds is 3. The van der Waals surface area contributed by atoms with E-state index in [0.717, 1.165) is 37.0 Å². The molecule has 1 N–H and O–H groups in total. The molecule has 4 rings (SSSR count). The Balaban J connectivity index is 1.52. The van der Waals surface area contributed by atoms with Crippen LogP contribution in [0, 0.1) is 6.92 Å². The Kier molecular flexibility index (Phi) is 5.73. The number of alkyl halides is 3. The molecule has 0 spiro atoms. The summed E-state index contributed by atoms with van der Waals surface area (Å²) < 4.78 is 44.7. The van der Waals surface area contributed by atoms with Gasteiger partial charge in [-0.15, -0.1) is 0 Å². The molecule has 2 fully saturated rings. The second-order valence-corrected chi connectivity index (χ2v) is 8.65. The molecule has 1 amide bonds. The van der Waals surface area contributed by atoms with Crippen molar-refractivity contribution < 1.29 is 27.8 Å². The Morgan fingerprint density at radius 3 is 2.35 bits per heavy atom. The SMILES string of the molecule is Cc1cc(C(F)(F)F)ccc1C1(O)CC2CCCC(C1)N2C(=O)OCc1ccccc1. The van der Waals surface area contributed by atoms with E-state index in [0.29, 0.717) is 11.1 Å². The fourth-order valence-corrected chi connectivity index (χ4v) is 5.10. The number of aryl methyl sites for hydroxylation is 1. The summed E-state index contributed by atoms with van der Waals surface area (Å²) in [6, 6.07) is 12.5. The molecule has 0 aliphatic carbocycles. The second-order valence-electron chi connectivity index (χ2n) is 8.65. The molecule has 2 aliphatic rings. The number of aliphatic hydroxyl groups is 1. The number of nitrogens with zero attached hydrogens (tertiary/aromatic N) is 1. The number of carbonyl (C=O) groups excluding carboxylic acids is 1. The van der Waals surface area contributed by atoms with Crippen LogP contribution in [0.4, 0.5) is 18.0 Å². The first-order chi connectivity index (χ1) is 14.7. The highest BCUT2D eigenvalue weighted by Gasteiger charge is 2.49. The van der Waals surface area contributed by atoms with Crippen molar-refractivity contribution in [3.05, 3.63) is 70.8 Å². The number of halogens is 3. The Labute approximate surface area is 179 Å². The number of hydrogen-bond acceptors (Lipinski definition) is 3. The first kappa shape index (κ1) is 21.7. The van der Waals surface area contributed by atoms with Crippen molar-refractivity contribution in [2.24, 2.45) is 0 Å². The van der Waals surface area contributed by atoms with Gasteiger partial charge in [0.15, 0.2) is 0 Å². The minimum Gasteiger partial charge on any atom is -0.445 e. The molecule has 4 nitrogen and oxygen atoms in total. The Hall–Kier alpha value is -2.54. The molecule has 7 heteroatoms. The van der Waals surface area contributed by atoms with Gasteiger partial charge in [0.25, 0.3) is 0 Å². The van der Waals surface area contributed by atoms with Crippen LogP contribution in [0.2, 0.25) is 0 Å². The van der Waals surface area contributed by atoms with Crippen molar-refractivity contribution in [3.63, 3.8) is 0 Å².